The highest BCUT2D eigenvalue weighted by Gasteiger charge is 2.48. The molecule has 2 aliphatic rings. The number of ether oxygens (including phenoxy) is 1. The average Bonchev–Trinajstić information content (AvgIpc) is 2.60. The Hall–Kier alpha value is -0.570. The molecule has 3 heteroatoms. The number of fused-ring (bicyclic) bond motifs is 2. The van der Waals surface area contributed by atoms with Gasteiger partial charge in [-0.3, -0.25) is 4.79 Å². The predicted octanol–water partition coefficient (Wildman–Crippen LogP) is 0.566. The summed E-state index contributed by atoms with van der Waals surface area (Å²) in [6.45, 7) is 0. The molecule has 0 aliphatic heterocycles. The van der Waals surface area contributed by atoms with Gasteiger partial charge >= 0.3 is 5.97 Å². The summed E-state index contributed by atoms with van der Waals surface area (Å²) in [6.07, 6.45) is 2.57. The molecule has 0 saturated heterocycles. The maximum Gasteiger partial charge on any atom is 0.309 e. The Morgan fingerprint density at radius 2 is 2.17 bits per heavy atom. The molecule has 2 bridgehead atoms. The highest BCUT2D eigenvalue weighted by atomic mass is 16.5. The maximum absolute atomic E-state index is 11.2. The van der Waals surface area contributed by atoms with E-state index in [1.807, 2.05) is 0 Å². The van der Waals surface area contributed by atoms with Gasteiger partial charge in [0.2, 0.25) is 0 Å². The second kappa shape index (κ2) is 2.73. The number of carbonyl (C=O) groups is 1. The van der Waals surface area contributed by atoms with Crippen LogP contribution in [0, 0.1) is 17.8 Å². The van der Waals surface area contributed by atoms with E-state index < -0.39 is 0 Å². The van der Waals surface area contributed by atoms with Gasteiger partial charge in [0.05, 0.1) is 19.1 Å². The molecule has 0 aromatic carbocycles. The molecule has 0 radical (unpaired) electrons. The molecular weight excluding hydrogens is 156 g/mol. The minimum atomic E-state index is -0.257. The summed E-state index contributed by atoms with van der Waals surface area (Å²) in [5, 5.41) is 9.53. The first kappa shape index (κ1) is 8.05. The second-order valence-electron chi connectivity index (χ2n) is 3.93. The van der Waals surface area contributed by atoms with Crippen molar-refractivity contribution in [3.05, 3.63) is 0 Å². The van der Waals surface area contributed by atoms with Crippen molar-refractivity contribution < 1.29 is 14.6 Å². The van der Waals surface area contributed by atoms with Crippen LogP contribution >= 0.6 is 0 Å². The Balaban J connectivity index is 2.07. The van der Waals surface area contributed by atoms with Crippen molar-refractivity contribution in [3.8, 4) is 0 Å². The summed E-state index contributed by atoms with van der Waals surface area (Å²) in [7, 11) is 1.42. The van der Waals surface area contributed by atoms with Crippen molar-refractivity contribution in [2.45, 2.75) is 25.4 Å². The van der Waals surface area contributed by atoms with Gasteiger partial charge in [0.25, 0.3) is 0 Å². The first-order valence-corrected chi connectivity index (χ1v) is 4.48. The van der Waals surface area contributed by atoms with Gasteiger partial charge in [0, 0.05) is 0 Å². The second-order valence-corrected chi connectivity index (χ2v) is 3.93. The van der Waals surface area contributed by atoms with E-state index >= 15 is 0 Å². The number of hydrogen-bond acceptors (Lipinski definition) is 3. The van der Waals surface area contributed by atoms with Gasteiger partial charge in [-0.05, 0) is 31.1 Å². The van der Waals surface area contributed by atoms with E-state index in [0.717, 1.165) is 19.3 Å². The molecule has 0 heterocycles. The van der Waals surface area contributed by atoms with E-state index in [-0.39, 0.29) is 23.9 Å². The topological polar surface area (TPSA) is 46.5 Å². The summed E-state index contributed by atoms with van der Waals surface area (Å²) in [5.41, 5.74) is 0. The van der Waals surface area contributed by atoms with Gasteiger partial charge in [-0.1, -0.05) is 0 Å². The Morgan fingerprint density at radius 3 is 2.67 bits per heavy atom. The Bertz CT molecular complexity index is 202. The number of aliphatic hydroxyl groups is 1. The van der Waals surface area contributed by atoms with E-state index in [0.29, 0.717) is 5.92 Å². The fourth-order valence-corrected chi connectivity index (χ4v) is 2.74. The lowest BCUT2D eigenvalue weighted by Gasteiger charge is -2.23. The van der Waals surface area contributed by atoms with Gasteiger partial charge < -0.3 is 9.84 Å². The molecule has 0 aromatic heterocycles. The monoisotopic (exact) mass is 170 g/mol. The van der Waals surface area contributed by atoms with Crippen LogP contribution in [0.15, 0.2) is 0 Å². The molecule has 1 N–H and O–H groups in total. The largest absolute Gasteiger partial charge is 0.469 e. The zero-order valence-electron chi connectivity index (χ0n) is 7.19. The van der Waals surface area contributed by atoms with Gasteiger partial charge in [-0.15, -0.1) is 0 Å². The number of aliphatic hydroxyl groups excluding tert-OH is 1. The molecule has 2 aliphatic carbocycles. The SMILES string of the molecule is COC(=O)[C@H]1C[C@H]2C[C@@H]1[C@H](O)C2. The lowest BCUT2D eigenvalue weighted by Crippen LogP contribution is -2.30. The van der Waals surface area contributed by atoms with Crippen LogP contribution in [0.5, 0.6) is 0 Å². The van der Waals surface area contributed by atoms with Gasteiger partial charge in [-0.25, -0.2) is 0 Å². The van der Waals surface area contributed by atoms with Gasteiger partial charge in [-0.2, -0.15) is 0 Å². The number of rotatable bonds is 1. The van der Waals surface area contributed by atoms with E-state index in [2.05, 4.69) is 4.74 Å². The summed E-state index contributed by atoms with van der Waals surface area (Å²) >= 11 is 0. The minimum Gasteiger partial charge on any atom is -0.469 e. The fraction of sp³-hybridized carbons (Fsp3) is 0.889. The highest BCUT2D eigenvalue weighted by Crippen LogP contribution is 2.48. The number of carbonyl (C=O) groups excluding carboxylic acids is 1. The van der Waals surface area contributed by atoms with Crippen LogP contribution in [0.4, 0.5) is 0 Å². The quantitative estimate of drug-likeness (QED) is 0.585. The first-order valence-electron chi connectivity index (χ1n) is 4.48. The minimum absolute atomic E-state index is 0.0243. The lowest BCUT2D eigenvalue weighted by molar-refractivity contribution is -0.149. The van der Waals surface area contributed by atoms with Crippen molar-refractivity contribution in [2.75, 3.05) is 7.11 Å². The summed E-state index contributed by atoms with van der Waals surface area (Å²) in [5.74, 6) is 0.585. The molecule has 0 amide bonds. The molecule has 0 spiro atoms. The molecule has 3 nitrogen and oxygen atoms in total. The molecule has 4 atom stereocenters. The molecule has 12 heavy (non-hydrogen) atoms. The van der Waals surface area contributed by atoms with E-state index in [1.165, 1.54) is 7.11 Å². The van der Waals surface area contributed by atoms with Gasteiger partial charge in [0.1, 0.15) is 0 Å². The highest BCUT2D eigenvalue weighted by molar-refractivity contribution is 5.73. The van der Waals surface area contributed by atoms with Crippen molar-refractivity contribution in [2.24, 2.45) is 17.8 Å². The van der Waals surface area contributed by atoms with Crippen LogP contribution in [0.25, 0.3) is 0 Å². The molecule has 2 fully saturated rings. The summed E-state index contributed by atoms with van der Waals surface area (Å²) < 4.78 is 4.69. The van der Waals surface area contributed by atoms with Crippen LogP contribution in [0.1, 0.15) is 19.3 Å². The third-order valence-electron chi connectivity index (χ3n) is 3.28. The van der Waals surface area contributed by atoms with Crippen molar-refractivity contribution >= 4 is 5.97 Å². The number of hydrogen-bond donors (Lipinski definition) is 1. The van der Waals surface area contributed by atoms with E-state index in [9.17, 15) is 9.90 Å². The lowest BCUT2D eigenvalue weighted by atomic mass is 9.87. The third kappa shape index (κ3) is 1.04. The smallest absolute Gasteiger partial charge is 0.309 e. The Labute approximate surface area is 71.7 Å². The molecule has 68 valence electrons. The summed E-state index contributed by atoms with van der Waals surface area (Å²) in [6, 6.07) is 0. The zero-order chi connectivity index (χ0) is 8.72. The number of esters is 1. The standard InChI is InChI=1S/C9H14O3/c1-12-9(11)7-3-5-2-6(7)8(10)4-5/h5-8,10H,2-4H2,1H3/t5-,6+,7+,8-/m1/s1. The van der Waals surface area contributed by atoms with E-state index in [1.54, 1.807) is 0 Å². The Kier molecular flexibility index (Phi) is 1.83. The molecule has 2 saturated carbocycles. The van der Waals surface area contributed by atoms with Crippen LogP contribution in [0.2, 0.25) is 0 Å². The van der Waals surface area contributed by atoms with Crippen LogP contribution in [-0.2, 0) is 9.53 Å². The van der Waals surface area contributed by atoms with Crippen molar-refractivity contribution in [1.82, 2.24) is 0 Å². The molecule has 0 aromatic rings. The number of methoxy groups -OCH3 is 1. The van der Waals surface area contributed by atoms with Crippen LogP contribution in [-0.4, -0.2) is 24.3 Å². The first-order chi connectivity index (χ1) is 5.72. The van der Waals surface area contributed by atoms with E-state index in [4.69, 9.17) is 0 Å². The predicted molar refractivity (Wildman–Crippen MR) is 42.3 cm³/mol. The Morgan fingerprint density at radius 1 is 1.42 bits per heavy atom. The fourth-order valence-electron chi connectivity index (χ4n) is 2.74. The molecular formula is C9H14O3. The summed E-state index contributed by atoms with van der Waals surface area (Å²) in [4.78, 5) is 11.2. The van der Waals surface area contributed by atoms with Crippen molar-refractivity contribution in [3.63, 3.8) is 0 Å². The van der Waals surface area contributed by atoms with Crippen molar-refractivity contribution in [1.29, 1.82) is 0 Å². The third-order valence-corrected chi connectivity index (χ3v) is 3.28. The van der Waals surface area contributed by atoms with Crippen LogP contribution < -0.4 is 0 Å². The van der Waals surface area contributed by atoms with Gasteiger partial charge in [0.15, 0.2) is 0 Å². The zero-order valence-corrected chi connectivity index (χ0v) is 7.19. The van der Waals surface area contributed by atoms with Crippen LogP contribution in [0.3, 0.4) is 0 Å². The normalized spacial score (nSPS) is 44.8. The average molecular weight is 170 g/mol. The maximum atomic E-state index is 11.2. The molecule has 0 unspecified atom stereocenters. The molecule has 2 rings (SSSR count).